The molecule has 0 aliphatic heterocycles. The van der Waals surface area contributed by atoms with Crippen molar-refractivity contribution >= 4 is 11.6 Å². The van der Waals surface area contributed by atoms with Crippen molar-refractivity contribution in [2.45, 2.75) is 0 Å². The van der Waals surface area contributed by atoms with Crippen molar-refractivity contribution in [1.82, 2.24) is 4.98 Å². The van der Waals surface area contributed by atoms with E-state index in [4.69, 9.17) is 0 Å². The van der Waals surface area contributed by atoms with Gasteiger partial charge >= 0.3 is 0 Å². The van der Waals surface area contributed by atoms with E-state index < -0.39 is 0 Å². The second kappa shape index (κ2) is 4.37. The van der Waals surface area contributed by atoms with Crippen molar-refractivity contribution in [3.05, 3.63) is 60.4 Å². The zero-order chi connectivity index (χ0) is 10.5. The fraction of sp³-hybridized carbons (Fsp3) is 0. The Bertz CT molecular complexity index is 440. The van der Waals surface area contributed by atoms with Gasteiger partial charge in [0, 0.05) is 11.8 Å². The summed E-state index contributed by atoms with van der Waals surface area (Å²) < 4.78 is 0. The van der Waals surface area contributed by atoms with Crippen LogP contribution < -0.4 is 5.32 Å². The minimum atomic E-state index is -0.122. The fourth-order valence-corrected chi connectivity index (χ4v) is 1.23. The number of amides is 1. The standard InChI is InChI=1S/C12H10N2O/c15-12(10-5-2-1-3-6-10)14-11-7-4-8-13-9-11/h1-9H,(H,14,15). The molecule has 1 aromatic carbocycles. The Kier molecular flexibility index (Phi) is 2.74. The maximum Gasteiger partial charge on any atom is 0.255 e. The molecule has 0 unspecified atom stereocenters. The van der Waals surface area contributed by atoms with Crippen LogP contribution in [0.5, 0.6) is 0 Å². The normalized spacial score (nSPS) is 9.60. The maximum atomic E-state index is 11.7. The minimum Gasteiger partial charge on any atom is -0.321 e. The first-order valence-corrected chi connectivity index (χ1v) is 4.63. The molecule has 74 valence electrons. The van der Waals surface area contributed by atoms with Crippen molar-refractivity contribution in [2.24, 2.45) is 0 Å². The van der Waals surface area contributed by atoms with Gasteiger partial charge in [0.25, 0.3) is 5.91 Å². The van der Waals surface area contributed by atoms with Crippen molar-refractivity contribution in [3.63, 3.8) is 0 Å². The van der Waals surface area contributed by atoms with E-state index in [-0.39, 0.29) is 5.91 Å². The molecule has 1 amide bonds. The van der Waals surface area contributed by atoms with E-state index in [1.165, 1.54) is 0 Å². The van der Waals surface area contributed by atoms with E-state index in [2.05, 4.69) is 10.3 Å². The van der Waals surface area contributed by atoms with Crippen molar-refractivity contribution in [2.75, 3.05) is 5.32 Å². The summed E-state index contributed by atoms with van der Waals surface area (Å²) in [7, 11) is 0. The first-order chi connectivity index (χ1) is 7.36. The zero-order valence-electron chi connectivity index (χ0n) is 8.05. The number of hydrogen-bond donors (Lipinski definition) is 1. The van der Waals surface area contributed by atoms with Crippen LogP contribution in [0.3, 0.4) is 0 Å². The summed E-state index contributed by atoms with van der Waals surface area (Å²) in [4.78, 5) is 15.6. The van der Waals surface area contributed by atoms with Gasteiger partial charge in [-0.25, -0.2) is 0 Å². The zero-order valence-corrected chi connectivity index (χ0v) is 8.05. The Morgan fingerprint density at radius 3 is 2.53 bits per heavy atom. The first-order valence-electron chi connectivity index (χ1n) is 4.63. The van der Waals surface area contributed by atoms with Gasteiger partial charge in [-0.05, 0) is 24.3 Å². The number of hydrogen-bond acceptors (Lipinski definition) is 2. The number of anilines is 1. The third-order valence-corrected chi connectivity index (χ3v) is 1.96. The largest absolute Gasteiger partial charge is 0.321 e. The highest BCUT2D eigenvalue weighted by molar-refractivity contribution is 6.04. The molecule has 15 heavy (non-hydrogen) atoms. The summed E-state index contributed by atoms with van der Waals surface area (Å²) in [5.41, 5.74) is 1.34. The van der Waals surface area contributed by atoms with E-state index >= 15 is 0 Å². The molecule has 0 aliphatic rings. The van der Waals surface area contributed by atoms with Crippen LogP contribution in [0.15, 0.2) is 54.9 Å². The highest BCUT2D eigenvalue weighted by atomic mass is 16.1. The lowest BCUT2D eigenvalue weighted by Gasteiger charge is -2.03. The second-order valence-electron chi connectivity index (χ2n) is 3.06. The van der Waals surface area contributed by atoms with Gasteiger partial charge in [-0.1, -0.05) is 18.2 Å². The van der Waals surface area contributed by atoms with Crippen LogP contribution in [-0.2, 0) is 0 Å². The number of benzene rings is 1. The van der Waals surface area contributed by atoms with Crippen LogP contribution >= 0.6 is 0 Å². The Hall–Kier alpha value is -2.16. The van der Waals surface area contributed by atoms with Crippen molar-refractivity contribution in [3.8, 4) is 0 Å². The van der Waals surface area contributed by atoms with E-state index in [1.54, 1.807) is 36.7 Å². The van der Waals surface area contributed by atoms with Gasteiger partial charge in [0.2, 0.25) is 0 Å². The van der Waals surface area contributed by atoms with Crippen LogP contribution in [0.2, 0.25) is 0 Å². The van der Waals surface area contributed by atoms with Gasteiger partial charge in [0.1, 0.15) is 0 Å². The first kappa shape index (κ1) is 9.40. The van der Waals surface area contributed by atoms with E-state index in [0.717, 1.165) is 0 Å². The molecule has 2 aromatic rings. The summed E-state index contributed by atoms with van der Waals surface area (Å²) >= 11 is 0. The lowest BCUT2D eigenvalue weighted by atomic mass is 10.2. The molecule has 2 rings (SSSR count). The van der Waals surface area contributed by atoms with Gasteiger partial charge in [-0.3, -0.25) is 9.78 Å². The number of nitrogens with one attached hydrogen (secondary N) is 1. The number of carbonyl (C=O) groups excluding carboxylic acids is 1. The Morgan fingerprint density at radius 1 is 1.07 bits per heavy atom. The highest BCUT2D eigenvalue weighted by Crippen LogP contribution is 2.06. The van der Waals surface area contributed by atoms with E-state index in [9.17, 15) is 4.79 Å². The quantitative estimate of drug-likeness (QED) is 0.804. The van der Waals surface area contributed by atoms with E-state index in [1.807, 2.05) is 18.2 Å². The molecule has 0 atom stereocenters. The topological polar surface area (TPSA) is 42.0 Å². The lowest BCUT2D eigenvalue weighted by molar-refractivity contribution is 0.102. The molecule has 0 saturated carbocycles. The van der Waals surface area contributed by atoms with Crippen LogP contribution in [-0.4, -0.2) is 10.9 Å². The monoisotopic (exact) mass is 198 g/mol. The molecule has 1 aromatic heterocycles. The van der Waals surface area contributed by atoms with Crippen LogP contribution in [0, 0.1) is 0 Å². The van der Waals surface area contributed by atoms with Gasteiger partial charge < -0.3 is 5.32 Å². The Morgan fingerprint density at radius 2 is 1.87 bits per heavy atom. The molecule has 3 heteroatoms. The predicted molar refractivity (Wildman–Crippen MR) is 58.6 cm³/mol. The third kappa shape index (κ3) is 2.40. The SMILES string of the molecule is O=C(Nc1cccnc1)c1ccccc1. The van der Waals surface area contributed by atoms with Crippen LogP contribution in [0.1, 0.15) is 10.4 Å². The van der Waals surface area contributed by atoms with Crippen molar-refractivity contribution in [1.29, 1.82) is 0 Å². The summed E-state index contributed by atoms with van der Waals surface area (Å²) in [6.07, 6.45) is 3.28. The second-order valence-corrected chi connectivity index (χ2v) is 3.06. The summed E-state index contributed by atoms with van der Waals surface area (Å²) in [5, 5.41) is 2.76. The van der Waals surface area contributed by atoms with Gasteiger partial charge in [0.05, 0.1) is 11.9 Å². The summed E-state index contributed by atoms with van der Waals surface area (Å²) in [5.74, 6) is -0.122. The molecule has 0 saturated heterocycles. The molecular formula is C12H10N2O. The minimum absolute atomic E-state index is 0.122. The Labute approximate surface area is 87.8 Å². The number of rotatable bonds is 2. The van der Waals surface area contributed by atoms with Crippen LogP contribution in [0.25, 0.3) is 0 Å². The Balaban J connectivity index is 2.12. The highest BCUT2D eigenvalue weighted by Gasteiger charge is 2.03. The lowest BCUT2D eigenvalue weighted by Crippen LogP contribution is -2.11. The van der Waals surface area contributed by atoms with Crippen LogP contribution in [0.4, 0.5) is 5.69 Å². The van der Waals surface area contributed by atoms with Gasteiger partial charge in [-0.2, -0.15) is 0 Å². The van der Waals surface area contributed by atoms with Gasteiger partial charge in [0.15, 0.2) is 0 Å². The number of carbonyl (C=O) groups is 1. The number of aromatic nitrogens is 1. The van der Waals surface area contributed by atoms with Crippen molar-refractivity contribution < 1.29 is 4.79 Å². The smallest absolute Gasteiger partial charge is 0.255 e. The molecule has 1 N–H and O–H groups in total. The number of nitrogens with zero attached hydrogens (tertiary/aromatic N) is 1. The average Bonchev–Trinajstić information content (AvgIpc) is 2.31. The predicted octanol–water partition coefficient (Wildman–Crippen LogP) is 2.33. The summed E-state index contributed by atoms with van der Waals surface area (Å²) in [6, 6.07) is 12.7. The van der Waals surface area contributed by atoms with E-state index in [0.29, 0.717) is 11.3 Å². The third-order valence-electron chi connectivity index (χ3n) is 1.96. The average molecular weight is 198 g/mol. The summed E-state index contributed by atoms with van der Waals surface area (Å²) in [6.45, 7) is 0. The molecule has 0 aliphatic carbocycles. The molecule has 0 fully saturated rings. The molecular weight excluding hydrogens is 188 g/mol. The molecule has 0 bridgehead atoms. The molecule has 0 radical (unpaired) electrons. The maximum absolute atomic E-state index is 11.7. The fourth-order valence-electron chi connectivity index (χ4n) is 1.23. The number of pyridine rings is 1. The van der Waals surface area contributed by atoms with Gasteiger partial charge in [-0.15, -0.1) is 0 Å². The molecule has 3 nitrogen and oxygen atoms in total. The molecule has 0 spiro atoms. The molecule has 1 heterocycles.